The summed E-state index contributed by atoms with van der Waals surface area (Å²) in [5.74, 6) is 1.59. The number of hydrogen-bond acceptors (Lipinski definition) is 3. The molecule has 0 spiro atoms. The minimum atomic E-state index is -0.275. The molecule has 57 heavy (non-hydrogen) atoms. The van der Waals surface area contributed by atoms with Crippen LogP contribution in [0.15, 0.2) is 202 Å². The molecular weight excluding hydrogens is 699 g/mol. The van der Waals surface area contributed by atoms with Gasteiger partial charge in [0.2, 0.25) is 12.0 Å². The van der Waals surface area contributed by atoms with Crippen LogP contribution >= 0.6 is 0 Å². The van der Waals surface area contributed by atoms with Gasteiger partial charge in [-0.05, 0) is 66.7 Å². The number of aliphatic imine (C=N–C) groups is 2. The summed E-state index contributed by atoms with van der Waals surface area (Å²) in [4.78, 5) is 10.7. The number of para-hydroxylation sites is 4. The van der Waals surface area contributed by atoms with E-state index in [4.69, 9.17) is 14.4 Å². The topological polar surface area (TPSA) is 64.3 Å². The molecular formula is C51H34N5O+. The SMILES string of the molecule is c1ccc(C2=NC(c3cccc(-n4c5ccccc5c5ccc(-n6c7ccccc7c7ccccc76)cc54)c3)=NC(c3cccc4oc5ccccc5c34)[NH2+]2)cc1. The molecule has 0 amide bonds. The van der Waals surface area contributed by atoms with Crippen molar-refractivity contribution < 1.29 is 9.73 Å². The van der Waals surface area contributed by atoms with Crippen molar-refractivity contribution in [1.29, 1.82) is 0 Å². The van der Waals surface area contributed by atoms with E-state index in [1.807, 2.05) is 24.3 Å². The van der Waals surface area contributed by atoms with E-state index in [2.05, 4.69) is 178 Å². The van der Waals surface area contributed by atoms with Gasteiger partial charge in [0.25, 0.3) is 0 Å². The Morgan fingerprint density at radius 2 is 1.00 bits per heavy atom. The predicted molar refractivity (Wildman–Crippen MR) is 233 cm³/mol. The molecule has 268 valence electrons. The number of quaternary nitrogens is 1. The molecule has 4 heterocycles. The number of furan rings is 1. The van der Waals surface area contributed by atoms with Gasteiger partial charge in [-0.2, -0.15) is 4.99 Å². The van der Waals surface area contributed by atoms with Gasteiger partial charge in [0.15, 0.2) is 5.84 Å². The van der Waals surface area contributed by atoms with Gasteiger partial charge in [0.1, 0.15) is 11.2 Å². The molecule has 1 aliphatic rings. The third-order valence-corrected chi connectivity index (χ3v) is 11.5. The summed E-state index contributed by atoms with van der Waals surface area (Å²) in [6.45, 7) is 0. The highest BCUT2D eigenvalue weighted by Crippen LogP contribution is 2.38. The van der Waals surface area contributed by atoms with Crippen LogP contribution in [0.4, 0.5) is 0 Å². The second-order valence-electron chi connectivity index (χ2n) is 14.7. The number of fused-ring (bicyclic) bond motifs is 9. The van der Waals surface area contributed by atoms with Crippen LogP contribution < -0.4 is 5.32 Å². The van der Waals surface area contributed by atoms with Gasteiger partial charge in [0, 0.05) is 54.8 Å². The van der Waals surface area contributed by atoms with Gasteiger partial charge in [-0.25, -0.2) is 4.99 Å². The third-order valence-electron chi connectivity index (χ3n) is 11.5. The normalized spacial score (nSPS) is 14.6. The maximum absolute atomic E-state index is 6.31. The van der Waals surface area contributed by atoms with Crippen LogP contribution in [0.5, 0.6) is 0 Å². The minimum absolute atomic E-state index is 0.275. The Kier molecular flexibility index (Phi) is 6.97. The Morgan fingerprint density at radius 3 is 1.74 bits per heavy atom. The Labute approximate surface area is 327 Å². The number of nitrogens with two attached hydrogens (primary N) is 1. The highest BCUT2D eigenvalue weighted by molar-refractivity contribution is 6.13. The monoisotopic (exact) mass is 732 g/mol. The molecule has 6 heteroatoms. The average Bonchev–Trinajstić information content (AvgIpc) is 3.94. The number of hydrogen-bond donors (Lipinski definition) is 1. The van der Waals surface area contributed by atoms with Crippen molar-refractivity contribution in [2.45, 2.75) is 6.17 Å². The van der Waals surface area contributed by atoms with E-state index in [1.54, 1.807) is 0 Å². The number of benzene rings is 8. The van der Waals surface area contributed by atoms with Gasteiger partial charge >= 0.3 is 0 Å². The molecule has 12 rings (SSSR count). The van der Waals surface area contributed by atoms with E-state index >= 15 is 0 Å². The maximum Gasteiger partial charge on any atom is 0.235 e. The van der Waals surface area contributed by atoms with E-state index in [0.717, 1.165) is 66.9 Å². The van der Waals surface area contributed by atoms with Gasteiger partial charge < -0.3 is 13.6 Å². The Bertz CT molecular complexity index is 3400. The maximum atomic E-state index is 6.31. The fourth-order valence-corrected chi connectivity index (χ4v) is 8.98. The zero-order chi connectivity index (χ0) is 37.5. The standard InChI is InChI=1S/C51H33N5O/c1-2-14-32(15-3-1)49-52-50(54-51(53-49)41-22-13-27-47-48(41)40-21-7-11-26-46(40)57-47)33-16-12-17-34(30-33)56-44-25-10-6-20-38(44)39-29-28-35(31-45(39)56)55-42-23-8-4-18-36(42)37-19-5-9-24-43(37)55/h1-31,51H,(H,52,53,54)/p+1. The minimum Gasteiger partial charge on any atom is -0.456 e. The van der Waals surface area contributed by atoms with Crippen molar-refractivity contribution in [3.8, 4) is 11.4 Å². The quantitative estimate of drug-likeness (QED) is 0.188. The smallest absolute Gasteiger partial charge is 0.235 e. The van der Waals surface area contributed by atoms with E-state index < -0.39 is 0 Å². The summed E-state index contributed by atoms with van der Waals surface area (Å²) in [7, 11) is 0. The Morgan fingerprint density at radius 1 is 0.439 bits per heavy atom. The van der Waals surface area contributed by atoms with Gasteiger partial charge in [-0.15, -0.1) is 0 Å². The lowest BCUT2D eigenvalue weighted by atomic mass is 10.0. The highest BCUT2D eigenvalue weighted by Gasteiger charge is 2.28. The first kappa shape index (κ1) is 31.8. The first-order valence-corrected chi connectivity index (χ1v) is 19.4. The highest BCUT2D eigenvalue weighted by atomic mass is 16.3. The van der Waals surface area contributed by atoms with Gasteiger partial charge in [-0.1, -0.05) is 121 Å². The number of nitrogens with zero attached hydrogens (tertiary/aromatic N) is 4. The van der Waals surface area contributed by atoms with Crippen molar-refractivity contribution in [3.05, 3.63) is 205 Å². The predicted octanol–water partition coefficient (Wildman–Crippen LogP) is 11.2. The Hall–Kier alpha value is -7.54. The summed E-state index contributed by atoms with van der Waals surface area (Å²) < 4.78 is 11.1. The fourth-order valence-electron chi connectivity index (χ4n) is 8.98. The van der Waals surface area contributed by atoms with Crippen LogP contribution in [0.25, 0.3) is 76.9 Å². The lowest BCUT2D eigenvalue weighted by Gasteiger charge is -2.20. The second kappa shape index (κ2) is 12.5. The van der Waals surface area contributed by atoms with Crippen LogP contribution in [-0.2, 0) is 0 Å². The fraction of sp³-hybridized carbons (Fsp3) is 0.0196. The molecule has 6 nitrogen and oxygen atoms in total. The zero-order valence-electron chi connectivity index (χ0n) is 30.7. The van der Waals surface area contributed by atoms with E-state index in [9.17, 15) is 0 Å². The van der Waals surface area contributed by atoms with Crippen LogP contribution in [0.3, 0.4) is 0 Å². The second-order valence-corrected chi connectivity index (χ2v) is 14.7. The number of aromatic nitrogens is 2. The van der Waals surface area contributed by atoms with Crippen molar-refractivity contribution in [3.63, 3.8) is 0 Å². The molecule has 3 aromatic heterocycles. The molecule has 0 bridgehead atoms. The zero-order valence-corrected chi connectivity index (χ0v) is 30.7. The van der Waals surface area contributed by atoms with Crippen LogP contribution in [0.2, 0.25) is 0 Å². The molecule has 1 unspecified atom stereocenters. The van der Waals surface area contributed by atoms with Crippen molar-refractivity contribution in [2.75, 3.05) is 0 Å². The number of amidine groups is 2. The van der Waals surface area contributed by atoms with Crippen molar-refractivity contribution in [1.82, 2.24) is 9.13 Å². The summed E-state index contributed by atoms with van der Waals surface area (Å²) >= 11 is 0. The van der Waals surface area contributed by atoms with Crippen molar-refractivity contribution in [2.24, 2.45) is 9.98 Å². The molecule has 0 saturated carbocycles. The van der Waals surface area contributed by atoms with E-state index in [-0.39, 0.29) is 6.17 Å². The first-order chi connectivity index (χ1) is 28.3. The molecule has 8 aromatic carbocycles. The first-order valence-electron chi connectivity index (χ1n) is 19.4. The number of rotatable bonds is 5. The summed E-state index contributed by atoms with van der Waals surface area (Å²) in [6.07, 6.45) is -0.275. The molecule has 1 aliphatic heterocycles. The van der Waals surface area contributed by atoms with Crippen LogP contribution in [0.1, 0.15) is 22.9 Å². The molecule has 1 atom stereocenters. The third kappa shape index (κ3) is 4.94. The molecule has 0 aliphatic carbocycles. The molecule has 0 radical (unpaired) electrons. The van der Waals surface area contributed by atoms with Crippen LogP contribution in [-0.4, -0.2) is 20.8 Å². The summed E-state index contributed by atoms with van der Waals surface area (Å²) in [5.41, 5.74) is 11.7. The largest absolute Gasteiger partial charge is 0.456 e. The molecule has 0 saturated heterocycles. The lowest BCUT2D eigenvalue weighted by Crippen LogP contribution is -2.90. The van der Waals surface area contributed by atoms with E-state index in [0.29, 0.717) is 5.84 Å². The lowest BCUT2D eigenvalue weighted by molar-refractivity contribution is -0.586. The molecule has 11 aromatic rings. The van der Waals surface area contributed by atoms with Gasteiger partial charge in [0.05, 0.1) is 27.6 Å². The Balaban J connectivity index is 1.05. The summed E-state index contributed by atoms with van der Waals surface area (Å²) in [6, 6.07) is 66.5. The van der Waals surface area contributed by atoms with Crippen molar-refractivity contribution >= 4 is 77.2 Å². The summed E-state index contributed by atoms with van der Waals surface area (Å²) in [5, 5.41) is 9.27. The van der Waals surface area contributed by atoms with Gasteiger partial charge in [-0.3, -0.25) is 5.32 Å². The molecule has 0 fully saturated rings. The molecule has 2 N–H and O–H groups in total. The average molecular weight is 733 g/mol. The van der Waals surface area contributed by atoms with Crippen LogP contribution in [0, 0.1) is 0 Å². The van der Waals surface area contributed by atoms with E-state index in [1.165, 1.54) is 32.6 Å².